The number of rotatable bonds is 7. The van der Waals surface area contributed by atoms with Crippen molar-refractivity contribution >= 4 is 29.1 Å². The molecule has 0 heterocycles. The van der Waals surface area contributed by atoms with Crippen LogP contribution in [0.2, 0.25) is 0 Å². The number of hydrogen-bond donors (Lipinski definition) is 2. The highest BCUT2D eigenvalue weighted by Crippen LogP contribution is 2.29. The number of amides is 3. The van der Waals surface area contributed by atoms with Gasteiger partial charge in [0.05, 0.1) is 19.9 Å². The number of nitrogens with one attached hydrogen (secondary N) is 1. The fourth-order valence-electron chi connectivity index (χ4n) is 3.19. The Morgan fingerprint density at radius 1 is 0.765 bits per heavy atom. The lowest BCUT2D eigenvalue weighted by Crippen LogP contribution is -2.28. The van der Waals surface area contributed by atoms with E-state index < -0.39 is 11.8 Å². The molecular weight excluding hydrogens is 438 g/mol. The van der Waals surface area contributed by atoms with E-state index in [2.05, 4.69) is 5.32 Å². The molecule has 0 aliphatic carbocycles. The van der Waals surface area contributed by atoms with Gasteiger partial charge >= 0.3 is 0 Å². The van der Waals surface area contributed by atoms with Gasteiger partial charge in [-0.25, -0.2) is 0 Å². The molecule has 9 nitrogen and oxygen atoms in total. The van der Waals surface area contributed by atoms with Crippen LogP contribution in [0, 0.1) is 0 Å². The number of anilines is 2. The molecule has 3 rings (SSSR count). The Morgan fingerprint density at radius 3 is 2.06 bits per heavy atom. The van der Waals surface area contributed by atoms with Crippen molar-refractivity contribution in [1.29, 1.82) is 0 Å². The standard InChI is InChI=1S/C25H25N3O6/c1-27(2)24(30)18-12-19(26-23(29)17-10-11-21(33-3)22(14-17)34-4)15-20(13-18)28(32)25(31)16-8-6-5-7-9-16/h5-15,32H,1-4H3,(H,26,29). The van der Waals surface area contributed by atoms with Crippen LogP contribution in [0.25, 0.3) is 0 Å². The van der Waals surface area contributed by atoms with Crippen LogP contribution in [0.15, 0.2) is 66.7 Å². The van der Waals surface area contributed by atoms with Crippen molar-refractivity contribution in [3.63, 3.8) is 0 Å². The van der Waals surface area contributed by atoms with E-state index in [1.807, 2.05) is 0 Å². The lowest BCUT2D eigenvalue weighted by Gasteiger charge is -2.19. The van der Waals surface area contributed by atoms with Crippen molar-refractivity contribution in [3.05, 3.63) is 83.4 Å². The van der Waals surface area contributed by atoms with Crippen LogP contribution in [0.4, 0.5) is 11.4 Å². The summed E-state index contributed by atoms with van der Waals surface area (Å²) in [5, 5.41) is 13.7. The fraction of sp³-hybridized carbons (Fsp3) is 0.160. The smallest absolute Gasteiger partial charge is 0.281 e. The summed E-state index contributed by atoms with van der Waals surface area (Å²) in [7, 11) is 6.09. The third-order valence-electron chi connectivity index (χ3n) is 4.93. The second kappa shape index (κ2) is 10.5. The van der Waals surface area contributed by atoms with Gasteiger partial charge in [0.15, 0.2) is 11.5 Å². The van der Waals surface area contributed by atoms with Crippen molar-refractivity contribution in [2.75, 3.05) is 38.7 Å². The number of carbonyl (C=O) groups excluding carboxylic acids is 3. The Morgan fingerprint density at radius 2 is 1.44 bits per heavy atom. The van der Waals surface area contributed by atoms with Crippen LogP contribution in [-0.2, 0) is 0 Å². The average molecular weight is 463 g/mol. The number of nitrogens with zero attached hydrogens (tertiary/aromatic N) is 2. The Bertz CT molecular complexity index is 1210. The van der Waals surface area contributed by atoms with Crippen molar-refractivity contribution in [1.82, 2.24) is 4.90 Å². The molecule has 0 saturated heterocycles. The molecular formula is C25H25N3O6. The molecule has 3 aromatic carbocycles. The lowest BCUT2D eigenvalue weighted by atomic mass is 10.1. The Kier molecular flexibility index (Phi) is 7.50. The SMILES string of the molecule is COc1ccc(C(=O)Nc2cc(C(=O)N(C)C)cc(N(O)C(=O)c3ccccc3)c2)cc1OC. The largest absolute Gasteiger partial charge is 0.493 e. The summed E-state index contributed by atoms with van der Waals surface area (Å²) in [5.74, 6) is -0.700. The quantitative estimate of drug-likeness (QED) is 0.409. The molecule has 0 fully saturated rings. The van der Waals surface area contributed by atoms with E-state index in [4.69, 9.17) is 9.47 Å². The number of methoxy groups -OCH3 is 2. The van der Waals surface area contributed by atoms with Crippen LogP contribution >= 0.6 is 0 Å². The fourth-order valence-corrected chi connectivity index (χ4v) is 3.19. The number of hydrogen-bond acceptors (Lipinski definition) is 6. The molecule has 0 aliphatic rings. The second-order valence-electron chi connectivity index (χ2n) is 7.48. The molecule has 9 heteroatoms. The van der Waals surface area contributed by atoms with Gasteiger partial charge in [-0.3, -0.25) is 19.6 Å². The maximum absolute atomic E-state index is 12.9. The van der Waals surface area contributed by atoms with Crippen LogP contribution in [-0.4, -0.2) is 56.1 Å². The Hall–Kier alpha value is -4.37. The van der Waals surface area contributed by atoms with Gasteiger partial charge in [-0.2, -0.15) is 5.06 Å². The number of hydroxylamine groups is 1. The van der Waals surface area contributed by atoms with Gasteiger partial charge in [0.25, 0.3) is 17.7 Å². The maximum Gasteiger partial charge on any atom is 0.281 e. The lowest BCUT2D eigenvalue weighted by molar-refractivity contribution is 0.0822. The summed E-state index contributed by atoms with van der Waals surface area (Å²) in [4.78, 5) is 39.6. The molecule has 0 radical (unpaired) electrons. The van der Waals surface area contributed by atoms with Crippen molar-refractivity contribution in [2.24, 2.45) is 0 Å². The van der Waals surface area contributed by atoms with Crippen molar-refractivity contribution < 1.29 is 29.1 Å². The van der Waals surface area contributed by atoms with Gasteiger partial charge in [-0.1, -0.05) is 18.2 Å². The minimum absolute atomic E-state index is 0.0177. The molecule has 0 aromatic heterocycles. The number of benzene rings is 3. The number of ether oxygens (including phenoxy) is 2. The monoisotopic (exact) mass is 463 g/mol. The van der Waals surface area contributed by atoms with E-state index in [0.29, 0.717) is 16.6 Å². The first-order valence-electron chi connectivity index (χ1n) is 10.2. The molecule has 2 N–H and O–H groups in total. The molecule has 176 valence electrons. The second-order valence-corrected chi connectivity index (χ2v) is 7.48. The van der Waals surface area contributed by atoms with Gasteiger partial charge in [0.1, 0.15) is 0 Å². The first kappa shape index (κ1) is 24.3. The Balaban J connectivity index is 1.96. The topological polar surface area (TPSA) is 108 Å². The highest BCUT2D eigenvalue weighted by atomic mass is 16.5. The molecule has 0 bridgehead atoms. The summed E-state index contributed by atoms with van der Waals surface area (Å²) in [5.41, 5.74) is 0.937. The van der Waals surface area contributed by atoms with Gasteiger partial charge in [0, 0.05) is 36.5 Å². The van der Waals surface area contributed by atoms with E-state index in [9.17, 15) is 19.6 Å². The first-order chi connectivity index (χ1) is 16.2. The van der Waals surface area contributed by atoms with Crippen LogP contribution in [0.3, 0.4) is 0 Å². The third kappa shape index (κ3) is 5.33. The first-order valence-corrected chi connectivity index (χ1v) is 10.2. The molecule has 0 aliphatic heterocycles. The third-order valence-corrected chi connectivity index (χ3v) is 4.93. The number of carbonyl (C=O) groups is 3. The predicted octanol–water partition coefficient (Wildman–Crippen LogP) is 3.69. The van der Waals surface area contributed by atoms with E-state index in [0.717, 1.165) is 0 Å². The minimum atomic E-state index is -0.688. The summed E-state index contributed by atoms with van der Waals surface area (Å²) < 4.78 is 10.4. The summed E-state index contributed by atoms with van der Waals surface area (Å²) in [6.45, 7) is 0. The van der Waals surface area contributed by atoms with Gasteiger partial charge in [-0.05, 0) is 48.5 Å². The van der Waals surface area contributed by atoms with Crippen molar-refractivity contribution in [2.45, 2.75) is 0 Å². The van der Waals surface area contributed by atoms with E-state index in [1.165, 1.54) is 43.4 Å². The maximum atomic E-state index is 12.9. The van der Waals surface area contributed by atoms with Crippen LogP contribution in [0.1, 0.15) is 31.1 Å². The zero-order valence-corrected chi connectivity index (χ0v) is 19.2. The van der Waals surface area contributed by atoms with Crippen LogP contribution < -0.4 is 19.9 Å². The highest BCUT2D eigenvalue weighted by Gasteiger charge is 2.20. The molecule has 3 aromatic rings. The molecule has 34 heavy (non-hydrogen) atoms. The van der Waals surface area contributed by atoms with Gasteiger partial charge in [-0.15, -0.1) is 0 Å². The van der Waals surface area contributed by atoms with E-state index in [-0.39, 0.29) is 34.0 Å². The summed E-state index contributed by atoms with van der Waals surface area (Å²) in [6, 6.07) is 17.1. The predicted molar refractivity (Wildman–Crippen MR) is 127 cm³/mol. The highest BCUT2D eigenvalue weighted by molar-refractivity contribution is 6.08. The van der Waals surface area contributed by atoms with Crippen LogP contribution in [0.5, 0.6) is 11.5 Å². The summed E-state index contributed by atoms with van der Waals surface area (Å²) >= 11 is 0. The summed E-state index contributed by atoms with van der Waals surface area (Å²) in [6.07, 6.45) is 0. The zero-order valence-electron chi connectivity index (χ0n) is 19.2. The molecule has 0 spiro atoms. The molecule has 3 amide bonds. The molecule has 0 atom stereocenters. The van der Waals surface area contributed by atoms with E-state index >= 15 is 0 Å². The normalized spacial score (nSPS) is 10.3. The van der Waals surface area contributed by atoms with Gasteiger partial charge < -0.3 is 19.7 Å². The molecule has 0 unspecified atom stereocenters. The zero-order chi connectivity index (χ0) is 24.8. The van der Waals surface area contributed by atoms with Crippen molar-refractivity contribution in [3.8, 4) is 11.5 Å². The average Bonchev–Trinajstić information content (AvgIpc) is 2.86. The minimum Gasteiger partial charge on any atom is -0.493 e. The molecule has 0 saturated carbocycles. The Labute approximate surface area is 197 Å². The van der Waals surface area contributed by atoms with E-state index in [1.54, 1.807) is 56.6 Å². The van der Waals surface area contributed by atoms with Gasteiger partial charge in [0.2, 0.25) is 0 Å².